The van der Waals surface area contributed by atoms with Crippen LogP contribution in [-0.4, -0.2) is 63.3 Å². The van der Waals surface area contributed by atoms with Crippen LogP contribution < -0.4 is 21.5 Å². The van der Waals surface area contributed by atoms with Gasteiger partial charge >= 0.3 is 5.69 Å². The second-order valence-corrected chi connectivity index (χ2v) is 8.43. The lowest BCUT2D eigenvalue weighted by Gasteiger charge is -2.35. The molecule has 0 atom stereocenters. The molecule has 0 saturated carbocycles. The van der Waals surface area contributed by atoms with Crippen LogP contribution in [0.2, 0.25) is 5.02 Å². The van der Waals surface area contributed by atoms with Gasteiger partial charge in [-0.05, 0) is 30.3 Å². The van der Waals surface area contributed by atoms with Crippen LogP contribution in [0.5, 0.6) is 0 Å². The second-order valence-electron chi connectivity index (χ2n) is 8.05. The van der Waals surface area contributed by atoms with Crippen molar-refractivity contribution >= 4 is 39.9 Å². The lowest BCUT2D eigenvalue weighted by Crippen LogP contribution is -2.49. The number of nitrogens with one attached hydrogen (secondary N) is 3. The van der Waals surface area contributed by atoms with Gasteiger partial charge in [-0.25, -0.2) is 4.79 Å². The van der Waals surface area contributed by atoms with Crippen LogP contribution in [0, 0.1) is 0 Å². The molecule has 2 aromatic carbocycles. The minimum absolute atomic E-state index is 0.128. The van der Waals surface area contributed by atoms with Crippen molar-refractivity contribution in [2.45, 2.75) is 0 Å². The van der Waals surface area contributed by atoms with Crippen molar-refractivity contribution in [2.24, 2.45) is 0 Å². The Kier molecular flexibility index (Phi) is 5.91. The zero-order chi connectivity index (χ0) is 23.7. The molecule has 174 valence electrons. The monoisotopic (exact) mass is 479 g/mol. The maximum absolute atomic E-state index is 12.8. The number of nitrogens with zero attached hydrogens (tertiary/aromatic N) is 4. The van der Waals surface area contributed by atoms with Crippen LogP contribution in [0.4, 0.5) is 11.4 Å². The lowest BCUT2D eigenvalue weighted by atomic mass is 10.2. The average Bonchev–Trinajstić information content (AvgIpc) is 3.21. The minimum Gasteiger partial charge on any atom is -0.366 e. The number of para-hydroxylation sites is 1. The number of piperazine rings is 1. The highest BCUT2D eigenvalue weighted by Crippen LogP contribution is 2.23. The Labute approximate surface area is 198 Å². The van der Waals surface area contributed by atoms with Crippen molar-refractivity contribution in [2.75, 3.05) is 42.9 Å². The number of halogens is 1. The van der Waals surface area contributed by atoms with E-state index in [4.69, 9.17) is 11.6 Å². The van der Waals surface area contributed by atoms with E-state index in [2.05, 4.69) is 20.4 Å². The predicted octanol–water partition coefficient (Wildman–Crippen LogP) is 1.82. The first-order valence-electron chi connectivity index (χ1n) is 10.8. The van der Waals surface area contributed by atoms with E-state index >= 15 is 0 Å². The summed E-state index contributed by atoms with van der Waals surface area (Å²) in [5.41, 5.74) is 2.52. The molecule has 0 unspecified atom stereocenters. The minimum atomic E-state index is -0.368. The van der Waals surface area contributed by atoms with Crippen molar-refractivity contribution in [3.05, 3.63) is 80.6 Å². The van der Waals surface area contributed by atoms with Crippen LogP contribution >= 0.6 is 11.6 Å². The number of imidazole rings is 1. The molecule has 0 spiro atoms. The van der Waals surface area contributed by atoms with Crippen LogP contribution in [0.1, 0.15) is 0 Å². The Morgan fingerprint density at radius 3 is 2.50 bits per heavy atom. The van der Waals surface area contributed by atoms with E-state index in [0.29, 0.717) is 54.3 Å². The molecule has 11 heteroatoms. The first-order valence-corrected chi connectivity index (χ1v) is 11.2. The number of H-pyrrole nitrogens is 2. The van der Waals surface area contributed by atoms with Crippen LogP contribution in [0.25, 0.3) is 16.7 Å². The van der Waals surface area contributed by atoms with Gasteiger partial charge in [-0.15, -0.1) is 0 Å². The summed E-state index contributed by atoms with van der Waals surface area (Å²) in [5, 5.41) is 7.29. The van der Waals surface area contributed by atoms with E-state index in [9.17, 15) is 14.4 Å². The number of carbonyl (C=O) groups excluding carboxylic acids is 1. The Bertz CT molecular complexity index is 1450. The normalized spacial score (nSPS) is 14.4. The third-order valence-corrected chi connectivity index (χ3v) is 6.14. The highest BCUT2D eigenvalue weighted by atomic mass is 35.5. The van der Waals surface area contributed by atoms with Crippen LogP contribution in [0.3, 0.4) is 0 Å². The molecule has 0 bridgehead atoms. The first-order chi connectivity index (χ1) is 16.5. The molecule has 4 aromatic rings. The fourth-order valence-electron chi connectivity index (χ4n) is 4.06. The van der Waals surface area contributed by atoms with E-state index in [1.807, 2.05) is 28.0 Å². The molecule has 3 N–H and O–H groups in total. The molecule has 5 rings (SSSR count). The molecule has 1 fully saturated rings. The van der Waals surface area contributed by atoms with Gasteiger partial charge in [0, 0.05) is 31.9 Å². The van der Waals surface area contributed by atoms with Crippen molar-refractivity contribution in [3.63, 3.8) is 0 Å². The maximum atomic E-state index is 12.8. The van der Waals surface area contributed by atoms with Gasteiger partial charge in [0.2, 0.25) is 5.91 Å². The van der Waals surface area contributed by atoms with Crippen molar-refractivity contribution in [1.82, 2.24) is 24.6 Å². The van der Waals surface area contributed by atoms with Gasteiger partial charge in [-0.1, -0.05) is 29.8 Å². The molecule has 1 saturated heterocycles. The van der Waals surface area contributed by atoms with E-state index in [1.54, 1.807) is 36.5 Å². The summed E-state index contributed by atoms with van der Waals surface area (Å²) >= 11 is 6.42. The van der Waals surface area contributed by atoms with E-state index in [-0.39, 0.29) is 28.7 Å². The average molecular weight is 480 g/mol. The van der Waals surface area contributed by atoms with Gasteiger partial charge in [0.1, 0.15) is 5.02 Å². The summed E-state index contributed by atoms with van der Waals surface area (Å²) in [7, 11) is 0. The number of hydrogen-bond acceptors (Lipinski definition) is 6. The standard InChI is InChI=1S/C23H22ClN7O3/c24-21-19(13-25-31(22(21)33)16-4-2-1-3-5-16)30-10-8-29(9-11-30)14-20(32)26-15-6-7-17-18(12-15)28-23(34)27-17/h1-7,12-13H,8-11,14H2,(H,26,32)(H2,27,28,34). The highest BCUT2D eigenvalue weighted by molar-refractivity contribution is 6.33. The van der Waals surface area contributed by atoms with Gasteiger partial charge in [0.15, 0.2) is 0 Å². The Balaban J connectivity index is 1.20. The van der Waals surface area contributed by atoms with Gasteiger partial charge in [0.05, 0.1) is 35.1 Å². The topological polar surface area (TPSA) is 119 Å². The molecule has 10 nitrogen and oxygen atoms in total. The van der Waals surface area contributed by atoms with E-state index < -0.39 is 0 Å². The van der Waals surface area contributed by atoms with Gasteiger partial charge in [0.25, 0.3) is 5.56 Å². The summed E-state index contributed by atoms with van der Waals surface area (Å²) < 4.78 is 1.28. The van der Waals surface area contributed by atoms with E-state index in [0.717, 1.165) is 0 Å². The van der Waals surface area contributed by atoms with Gasteiger partial charge < -0.3 is 20.2 Å². The van der Waals surface area contributed by atoms with Crippen molar-refractivity contribution in [3.8, 4) is 5.69 Å². The van der Waals surface area contributed by atoms with Crippen molar-refractivity contribution in [1.29, 1.82) is 0 Å². The molecule has 3 heterocycles. The largest absolute Gasteiger partial charge is 0.366 e. The number of carbonyl (C=O) groups is 1. The summed E-state index contributed by atoms with van der Waals surface area (Å²) in [6.45, 7) is 2.72. The maximum Gasteiger partial charge on any atom is 0.323 e. The fourth-order valence-corrected chi connectivity index (χ4v) is 4.31. The molecule has 2 aromatic heterocycles. The first kappa shape index (κ1) is 21.9. The molecule has 0 radical (unpaired) electrons. The summed E-state index contributed by atoms with van der Waals surface area (Å²) in [6.07, 6.45) is 1.61. The quantitative estimate of drug-likeness (QED) is 0.401. The molecule has 1 aliphatic heterocycles. The highest BCUT2D eigenvalue weighted by Gasteiger charge is 2.23. The molecule has 34 heavy (non-hydrogen) atoms. The van der Waals surface area contributed by atoms with E-state index in [1.165, 1.54) is 4.68 Å². The van der Waals surface area contributed by atoms with Crippen molar-refractivity contribution < 1.29 is 4.79 Å². The smallest absolute Gasteiger partial charge is 0.323 e. The number of rotatable bonds is 5. The second kappa shape index (κ2) is 9.16. The molecular weight excluding hydrogens is 458 g/mol. The molecule has 0 aliphatic carbocycles. The van der Waals surface area contributed by atoms with Crippen LogP contribution in [0.15, 0.2) is 64.3 Å². The molecule has 1 amide bonds. The predicted molar refractivity (Wildman–Crippen MR) is 131 cm³/mol. The zero-order valence-corrected chi connectivity index (χ0v) is 18.9. The number of aromatic amines is 2. The number of aromatic nitrogens is 4. The summed E-state index contributed by atoms with van der Waals surface area (Å²) in [4.78, 5) is 46.1. The number of benzene rings is 2. The number of hydrogen-bond donors (Lipinski definition) is 3. The van der Waals surface area contributed by atoms with Gasteiger partial charge in [-0.3, -0.25) is 14.5 Å². The summed E-state index contributed by atoms with van der Waals surface area (Å²) in [5.74, 6) is -0.143. The van der Waals surface area contributed by atoms with Gasteiger partial charge in [-0.2, -0.15) is 9.78 Å². The van der Waals surface area contributed by atoms with Crippen LogP contribution in [-0.2, 0) is 4.79 Å². The Morgan fingerprint density at radius 2 is 1.74 bits per heavy atom. The fraction of sp³-hybridized carbons (Fsp3) is 0.217. The number of anilines is 2. The molecular formula is C23H22ClN7O3. The zero-order valence-electron chi connectivity index (χ0n) is 18.1. The molecule has 1 aliphatic rings. The third-order valence-electron chi connectivity index (χ3n) is 5.78. The SMILES string of the molecule is O=C(CN1CCN(c2cnn(-c3ccccc3)c(=O)c2Cl)CC1)Nc1ccc2[nH]c(=O)[nH]c2c1. The number of amides is 1. The summed E-state index contributed by atoms with van der Waals surface area (Å²) in [6, 6.07) is 14.3. The Hall–Kier alpha value is -3.89. The Morgan fingerprint density at radius 1 is 1.00 bits per heavy atom. The number of fused-ring (bicyclic) bond motifs is 1. The third kappa shape index (κ3) is 4.45. The lowest BCUT2D eigenvalue weighted by molar-refractivity contribution is -0.117.